The van der Waals surface area contributed by atoms with Crippen LogP contribution in [-0.4, -0.2) is 34.6 Å². The molecule has 1 aromatic carbocycles. The number of halogens is 1. The first-order valence-corrected chi connectivity index (χ1v) is 10.4. The van der Waals surface area contributed by atoms with Gasteiger partial charge in [0.05, 0.1) is 10.6 Å². The molecule has 1 aliphatic carbocycles. The average Bonchev–Trinajstić information content (AvgIpc) is 3.10. The lowest BCUT2D eigenvalue weighted by molar-refractivity contribution is 0.0921. The van der Waals surface area contributed by atoms with Crippen LogP contribution in [0.5, 0.6) is 0 Å². The molecule has 1 saturated carbocycles. The van der Waals surface area contributed by atoms with E-state index >= 15 is 0 Å². The van der Waals surface area contributed by atoms with Gasteiger partial charge in [-0.25, -0.2) is 4.98 Å². The van der Waals surface area contributed by atoms with Gasteiger partial charge >= 0.3 is 0 Å². The molecular formula is C22H28ClN5O. The third-order valence-corrected chi connectivity index (χ3v) is 6.03. The molecule has 1 fully saturated rings. The molecule has 6 nitrogen and oxygen atoms in total. The molecule has 0 spiro atoms. The Morgan fingerprint density at radius 3 is 2.59 bits per heavy atom. The van der Waals surface area contributed by atoms with Crippen LogP contribution in [0.15, 0.2) is 24.4 Å². The monoisotopic (exact) mass is 413 g/mol. The number of nitrogens with one attached hydrogen (secondary N) is 1. The molecule has 0 aliphatic heterocycles. The Bertz CT molecular complexity index is 922. The average molecular weight is 414 g/mol. The number of rotatable bonds is 5. The van der Waals surface area contributed by atoms with Crippen LogP contribution in [0, 0.1) is 11.3 Å². The number of benzene rings is 1. The summed E-state index contributed by atoms with van der Waals surface area (Å²) in [6, 6.07) is 8.19. The summed E-state index contributed by atoms with van der Waals surface area (Å²) in [5, 5.41) is 12.7. The van der Waals surface area contributed by atoms with Crippen molar-refractivity contribution in [2.45, 2.75) is 57.5 Å². The van der Waals surface area contributed by atoms with E-state index in [-0.39, 0.29) is 17.9 Å². The molecule has 1 amide bonds. The maximum absolute atomic E-state index is 12.6. The number of imidazole rings is 1. The van der Waals surface area contributed by atoms with Crippen LogP contribution in [0.2, 0.25) is 5.02 Å². The maximum Gasteiger partial charge on any atom is 0.271 e. The molecule has 2 aromatic rings. The van der Waals surface area contributed by atoms with Gasteiger partial charge in [-0.15, -0.1) is 0 Å². The van der Waals surface area contributed by atoms with Gasteiger partial charge in [-0.2, -0.15) is 5.26 Å². The minimum Gasteiger partial charge on any atom is -0.372 e. The zero-order valence-corrected chi connectivity index (χ0v) is 18.2. The van der Waals surface area contributed by atoms with Crippen molar-refractivity contribution in [2.24, 2.45) is 7.05 Å². The quantitative estimate of drug-likeness (QED) is 0.795. The van der Waals surface area contributed by atoms with Gasteiger partial charge in [0.1, 0.15) is 17.6 Å². The summed E-state index contributed by atoms with van der Waals surface area (Å²) in [6.45, 7) is 4.14. The van der Waals surface area contributed by atoms with Gasteiger partial charge < -0.3 is 14.8 Å². The van der Waals surface area contributed by atoms with Gasteiger partial charge in [0.25, 0.3) is 5.91 Å². The lowest BCUT2D eigenvalue weighted by atomic mass is 9.90. The summed E-state index contributed by atoms with van der Waals surface area (Å²) in [4.78, 5) is 19.3. The Labute approximate surface area is 177 Å². The number of amides is 1. The summed E-state index contributed by atoms with van der Waals surface area (Å²) in [7, 11) is 3.98. The first kappa shape index (κ1) is 21.2. The number of hydrogen-bond donors (Lipinski definition) is 1. The molecule has 3 rings (SSSR count). The Morgan fingerprint density at radius 1 is 1.34 bits per heavy atom. The fraction of sp³-hybridized carbons (Fsp3) is 0.500. The predicted molar refractivity (Wildman–Crippen MR) is 115 cm³/mol. The summed E-state index contributed by atoms with van der Waals surface area (Å²) in [5.41, 5.74) is 1.99. The van der Waals surface area contributed by atoms with Crippen molar-refractivity contribution in [1.82, 2.24) is 14.9 Å². The fourth-order valence-electron chi connectivity index (χ4n) is 4.02. The van der Waals surface area contributed by atoms with Crippen LogP contribution in [0.4, 0.5) is 5.69 Å². The number of nitrogens with zero attached hydrogens (tertiary/aromatic N) is 4. The molecule has 0 radical (unpaired) electrons. The molecule has 0 saturated heterocycles. The van der Waals surface area contributed by atoms with Crippen molar-refractivity contribution in [3.05, 3.63) is 46.5 Å². The lowest BCUT2D eigenvalue weighted by Gasteiger charge is -2.36. The number of carbonyl (C=O) groups excluding carboxylic acids is 1. The summed E-state index contributed by atoms with van der Waals surface area (Å²) in [5.74, 6) is 1.10. The molecule has 0 bridgehead atoms. The van der Waals surface area contributed by atoms with E-state index in [1.54, 1.807) is 12.3 Å². The third-order valence-electron chi connectivity index (χ3n) is 5.72. The Balaban J connectivity index is 1.56. The number of anilines is 1. The van der Waals surface area contributed by atoms with Crippen molar-refractivity contribution in [1.29, 1.82) is 5.26 Å². The van der Waals surface area contributed by atoms with Gasteiger partial charge in [-0.1, -0.05) is 25.4 Å². The SMILES string of the molecule is CC(C)c1nc(C(=O)N[C@H]2CC[C@H](N(C)c3ccc(C#N)c(Cl)c3)CC2)cn1C. The standard InChI is InChI=1S/C22H28ClN5O/c1-14(2)21-26-20(13-27(21)3)22(29)25-16-6-9-17(10-7-16)28(4)18-8-5-15(12-24)19(23)11-18/h5,8,11,13-14,16-17H,6-7,9-10H2,1-4H3,(H,25,29)/t16-,17-. The van der Waals surface area contributed by atoms with E-state index in [0.29, 0.717) is 22.3 Å². The molecule has 154 valence electrons. The Kier molecular flexibility index (Phi) is 6.49. The van der Waals surface area contributed by atoms with Crippen molar-refractivity contribution in [3.63, 3.8) is 0 Å². The Hall–Kier alpha value is -2.52. The Morgan fingerprint density at radius 2 is 2.03 bits per heavy atom. The molecule has 1 aliphatic rings. The van der Waals surface area contributed by atoms with E-state index in [4.69, 9.17) is 16.9 Å². The minimum atomic E-state index is -0.0943. The number of nitriles is 1. The highest BCUT2D eigenvalue weighted by atomic mass is 35.5. The molecule has 7 heteroatoms. The van der Waals surface area contributed by atoms with E-state index in [1.807, 2.05) is 23.7 Å². The van der Waals surface area contributed by atoms with E-state index in [0.717, 1.165) is 37.2 Å². The minimum absolute atomic E-state index is 0.0943. The molecule has 1 aromatic heterocycles. The second kappa shape index (κ2) is 8.87. The van der Waals surface area contributed by atoms with E-state index < -0.39 is 0 Å². The highest BCUT2D eigenvalue weighted by Gasteiger charge is 2.26. The number of carbonyl (C=O) groups is 1. The molecule has 0 atom stereocenters. The van der Waals surface area contributed by atoms with Crippen molar-refractivity contribution >= 4 is 23.2 Å². The highest BCUT2D eigenvalue weighted by Crippen LogP contribution is 2.29. The van der Waals surface area contributed by atoms with Gasteiger partial charge in [-0.3, -0.25) is 4.79 Å². The first-order valence-electron chi connectivity index (χ1n) is 10.1. The van der Waals surface area contributed by atoms with Crippen molar-refractivity contribution in [2.75, 3.05) is 11.9 Å². The summed E-state index contributed by atoms with van der Waals surface area (Å²) < 4.78 is 1.92. The zero-order valence-electron chi connectivity index (χ0n) is 17.4. The fourth-order valence-corrected chi connectivity index (χ4v) is 4.24. The van der Waals surface area contributed by atoms with Crippen LogP contribution in [0.3, 0.4) is 0 Å². The second-order valence-electron chi connectivity index (χ2n) is 8.12. The van der Waals surface area contributed by atoms with Gasteiger partial charge in [0, 0.05) is 44.0 Å². The van der Waals surface area contributed by atoms with Gasteiger partial charge in [-0.05, 0) is 43.9 Å². The molecular weight excluding hydrogens is 386 g/mol. The van der Waals surface area contributed by atoms with Gasteiger partial charge in [0.2, 0.25) is 0 Å². The number of aromatic nitrogens is 2. The summed E-state index contributed by atoms with van der Waals surface area (Å²) >= 11 is 6.18. The van der Waals surface area contributed by atoms with Crippen LogP contribution >= 0.6 is 11.6 Å². The topological polar surface area (TPSA) is 74.0 Å². The predicted octanol–water partition coefficient (Wildman–Crippen LogP) is 4.25. The van der Waals surface area contributed by atoms with Crippen molar-refractivity contribution in [3.8, 4) is 6.07 Å². The van der Waals surface area contributed by atoms with Crippen molar-refractivity contribution < 1.29 is 4.79 Å². The smallest absolute Gasteiger partial charge is 0.271 e. The normalized spacial score (nSPS) is 19.1. The molecule has 29 heavy (non-hydrogen) atoms. The summed E-state index contributed by atoms with van der Waals surface area (Å²) in [6.07, 6.45) is 5.62. The number of hydrogen-bond acceptors (Lipinski definition) is 4. The van der Waals surface area contributed by atoms with Crippen LogP contribution in [-0.2, 0) is 7.05 Å². The van der Waals surface area contributed by atoms with E-state index in [1.165, 1.54) is 0 Å². The maximum atomic E-state index is 12.6. The first-order chi connectivity index (χ1) is 13.8. The largest absolute Gasteiger partial charge is 0.372 e. The molecule has 0 unspecified atom stereocenters. The van der Waals surface area contributed by atoms with Gasteiger partial charge in [0.15, 0.2) is 0 Å². The lowest BCUT2D eigenvalue weighted by Crippen LogP contribution is -2.43. The highest BCUT2D eigenvalue weighted by molar-refractivity contribution is 6.32. The molecule has 1 N–H and O–H groups in total. The zero-order chi connectivity index (χ0) is 21.1. The van der Waals surface area contributed by atoms with Crippen LogP contribution in [0.25, 0.3) is 0 Å². The molecule has 1 heterocycles. The van der Waals surface area contributed by atoms with E-state index in [9.17, 15) is 4.79 Å². The van der Waals surface area contributed by atoms with Crippen LogP contribution in [0.1, 0.15) is 67.3 Å². The second-order valence-corrected chi connectivity index (χ2v) is 8.52. The van der Waals surface area contributed by atoms with Crippen LogP contribution < -0.4 is 10.2 Å². The number of aryl methyl sites for hydroxylation is 1. The van der Waals surface area contributed by atoms with E-state index in [2.05, 4.69) is 42.2 Å². The third kappa shape index (κ3) is 4.73.